The van der Waals surface area contributed by atoms with Crippen molar-refractivity contribution in [2.75, 3.05) is 13.7 Å². The summed E-state index contributed by atoms with van der Waals surface area (Å²) in [7, 11) is 1.61. The van der Waals surface area contributed by atoms with Crippen LogP contribution in [-0.4, -0.2) is 19.9 Å². The lowest BCUT2D eigenvalue weighted by atomic mass is 9.98. The van der Waals surface area contributed by atoms with E-state index in [4.69, 9.17) is 13.9 Å². The van der Waals surface area contributed by atoms with Crippen LogP contribution in [0, 0.1) is 17.2 Å². The number of nitriles is 1. The Morgan fingerprint density at radius 1 is 0.941 bits per heavy atom. The Kier molecular flexibility index (Phi) is 7.10. The second-order valence-electron chi connectivity index (χ2n) is 8.20. The number of ether oxygens (including phenoxy) is 2. The van der Waals surface area contributed by atoms with Gasteiger partial charge in [0.1, 0.15) is 17.4 Å². The molecule has 3 aromatic carbocycles. The first kappa shape index (κ1) is 22.9. The van der Waals surface area contributed by atoms with E-state index in [1.165, 1.54) is 0 Å². The molecule has 0 N–H and O–H groups in total. The van der Waals surface area contributed by atoms with Gasteiger partial charge in [0, 0.05) is 17.3 Å². The zero-order valence-electron chi connectivity index (χ0n) is 19.5. The van der Waals surface area contributed by atoms with Crippen LogP contribution >= 0.6 is 0 Å². The molecule has 170 valence electrons. The molecule has 0 saturated heterocycles. The van der Waals surface area contributed by atoms with E-state index in [0.29, 0.717) is 35.3 Å². The van der Waals surface area contributed by atoms with Crippen molar-refractivity contribution in [2.45, 2.75) is 13.8 Å². The third kappa shape index (κ3) is 5.02. The first-order valence-corrected chi connectivity index (χ1v) is 11.1. The van der Waals surface area contributed by atoms with Gasteiger partial charge in [-0.1, -0.05) is 74.5 Å². The van der Waals surface area contributed by atoms with Crippen LogP contribution in [0.4, 0.5) is 5.88 Å². The van der Waals surface area contributed by atoms with Gasteiger partial charge in [0.05, 0.1) is 13.7 Å². The molecule has 1 aromatic heterocycles. The predicted molar refractivity (Wildman–Crippen MR) is 135 cm³/mol. The minimum absolute atomic E-state index is 0.263. The van der Waals surface area contributed by atoms with E-state index >= 15 is 0 Å². The van der Waals surface area contributed by atoms with Crippen molar-refractivity contribution in [2.24, 2.45) is 10.9 Å². The van der Waals surface area contributed by atoms with Crippen LogP contribution in [0.1, 0.15) is 25.0 Å². The quantitative estimate of drug-likeness (QED) is 0.265. The normalized spacial score (nSPS) is 11.0. The molecule has 0 spiro atoms. The fraction of sp³-hybridized carbons (Fsp3) is 0.172. The molecular weight excluding hydrogens is 424 g/mol. The molecule has 0 amide bonds. The summed E-state index contributed by atoms with van der Waals surface area (Å²) in [6.07, 6.45) is 1.66. The molecule has 0 bridgehead atoms. The Labute approximate surface area is 199 Å². The van der Waals surface area contributed by atoms with Crippen LogP contribution in [0.2, 0.25) is 0 Å². The van der Waals surface area contributed by atoms with E-state index in [-0.39, 0.29) is 5.88 Å². The number of nitrogens with zero attached hydrogens (tertiary/aromatic N) is 2. The highest BCUT2D eigenvalue weighted by atomic mass is 16.5. The SMILES string of the molecule is COc1cc(C=Nc2oc(-c3ccccc3)c(-c3ccccc3)c2C#N)ccc1OCC(C)C. The Hall–Kier alpha value is -4.30. The zero-order valence-corrected chi connectivity index (χ0v) is 19.5. The van der Waals surface area contributed by atoms with Gasteiger partial charge >= 0.3 is 0 Å². The van der Waals surface area contributed by atoms with Crippen LogP contribution in [0.5, 0.6) is 11.5 Å². The number of hydrogen-bond donors (Lipinski definition) is 0. The van der Waals surface area contributed by atoms with E-state index in [2.05, 4.69) is 24.9 Å². The molecule has 1 heterocycles. The lowest BCUT2D eigenvalue weighted by Gasteiger charge is -2.12. The number of hydrogen-bond acceptors (Lipinski definition) is 5. The van der Waals surface area contributed by atoms with Crippen LogP contribution < -0.4 is 9.47 Å². The predicted octanol–water partition coefficient (Wildman–Crippen LogP) is 7.28. The smallest absolute Gasteiger partial charge is 0.238 e. The van der Waals surface area contributed by atoms with Crippen LogP contribution in [0.25, 0.3) is 22.5 Å². The monoisotopic (exact) mass is 450 g/mol. The second kappa shape index (κ2) is 10.5. The van der Waals surface area contributed by atoms with E-state index in [0.717, 1.165) is 22.3 Å². The number of furan rings is 1. The molecule has 0 fully saturated rings. The fourth-order valence-electron chi connectivity index (χ4n) is 3.56. The molecule has 0 aliphatic heterocycles. The maximum absolute atomic E-state index is 10.0. The minimum atomic E-state index is 0.263. The van der Waals surface area contributed by atoms with Gasteiger partial charge in [-0.2, -0.15) is 5.26 Å². The van der Waals surface area contributed by atoms with Crippen molar-refractivity contribution in [3.63, 3.8) is 0 Å². The summed E-state index contributed by atoms with van der Waals surface area (Å²) < 4.78 is 17.5. The molecule has 5 nitrogen and oxygen atoms in total. The maximum Gasteiger partial charge on any atom is 0.238 e. The van der Waals surface area contributed by atoms with E-state index < -0.39 is 0 Å². The lowest BCUT2D eigenvalue weighted by Crippen LogP contribution is -2.05. The summed E-state index contributed by atoms with van der Waals surface area (Å²) in [5.74, 6) is 2.60. The first-order chi connectivity index (χ1) is 16.6. The molecule has 0 saturated carbocycles. The van der Waals surface area contributed by atoms with E-state index in [1.807, 2.05) is 78.9 Å². The highest BCUT2D eigenvalue weighted by Crippen LogP contribution is 2.42. The van der Waals surface area contributed by atoms with Crippen LogP contribution in [0.3, 0.4) is 0 Å². The van der Waals surface area contributed by atoms with Crippen LogP contribution in [-0.2, 0) is 0 Å². The zero-order chi connectivity index (χ0) is 23.9. The summed E-state index contributed by atoms with van der Waals surface area (Å²) in [5.41, 5.74) is 3.71. The molecule has 0 aliphatic rings. The first-order valence-electron chi connectivity index (χ1n) is 11.1. The molecular formula is C29H26N2O3. The van der Waals surface area contributed by atoms with Gasteiger partial charge in [0.2, 0.25) is 5.88 Å². The molecule has 0 radical (unpaired) electrons. The Morgan fingerprint density at radius 3 is 2.24 bits per heavy atom. The van der Waals surface area contributed by atoms with E-state index in [1.54, 1.807) is 13.3 Å². The summed E-state index contributed by atoms with van der Waals surface area (Å²) in [6, 6.07) is 27.4. The molecule has 0 atom stereocenters. The number of benzene rings is 3. The van der Waals surface area contributed by atoms with Gasteiger partial charge < -0.3 is 13.9 Å². The number of methoxy groups -OCH3 is 1. The van der Waals surface area contributed by atoms with Gasteiger partial charge in [0.25, 0.3) is 0 Å². The molecule has 34 heavy (non-hydrogen) atoms. The van der Waals surface area contributed by atoms with Crippen molar-refractivity contribution in [3.05, 3.63) is 90.0 Å². The average Bonchev–Trinajstić information content (AvgIpc) is 3.26. The van der Waals surface area contributed by atoms with Gasteiger partial charge in [-0.05, 0) is 35.2 Å². The van der Waals surface area contributed by atoms with Crippen molar-refractivity contribution in [1.82, 2.24) is 0 Å². The maximum atomic E-state index is 10.0. The second-order valence-corrected chi connectivity index (χ2v) is 8.20. The average molecular weight is 451 g/mol. The number of aliphatic imine (C=N–C) groups is 1. The Balaban J connectivity index is 1.74. The molecule has 0 unspecified atom stereocenters. The van der Waals surface area contributed by atoms with Gasteiger partial charge in [0.15, 0.2) is 11.5 Å². The van der Waals surface area contributed by atoms with Crippen molar-refractivity contribution >= 4 is 12.1 Å². The minimum Gasteiger partial charge on any atom is -0.493 e. The summed E-state index contributed by atoms with van der Waals surface area (Å²) in [4.78, 5) is 4.55. The number of rotatable bonds is 8. The highest BCUT2D eigenvalue weighted by molar-refractivity contribution is 5.90. The molecule has 4 rings (SSSR count). The largest absolute Gasteiger partial charge is 0.493 e. The summed E-state index contributed by atoms with van der Waals surface area (Å²) in [6.45, 7) is 4.79. The topological polar surface area (TPSA) is 67.8 Å². The molecule has 4 aromatic rings. The fourth-order valence-corrected chi connectivity index (χ4v) is 3.56. The van der Waals surface area contributed by atoms with Crippen molar-refractivity contribution < 1.29 is 13.9 Å². The van der Waals surface area contributed by atoms with Crippen molar-refractivity contribution in [1.29, 1.82) is 5.26 Å². The van der Waals surface area contributed by atoms with E-state index in [9.17, 15) is 5.26 Å². The molecule has 5 heteroatoms. The van der Waals surface area contributed by atoms with Gasteiger partial charge in [-0.15, -0.1) is 0 Å². The Morgan fingerprint density at radius 2 is 1.62 bits per heavy atom. The highest BCUT2D eigenvalue weighted by Gasteiger charge is 2.22. The van der Waals surface area contributed by atoms with Crippen LogP contribution in [0.15, 0.2) is 88.3 Å². The van der Waals surface area contributed by atoms with Gasteiger partial charge in [-0.3, -0.25) is 0 Å². The lowest BCUT2D eigenvalue weighted by molar-refractivity contribution is 0.257. The third-order valence-corrected chi connectivity index (χ3v) is 5.19. The standard InChI is InChI=1S/C29H26N2O3/c1-20(2)19-33-25-15-14-21(16-26(25)32-3)18-31-29-24(17-30)27(22-10-6-4-7-11-22)28(34-29)23-12-8-5-9-13-23/h4-16,18,20H,19H2,1-3H3. The summed E-state index contributed by atoms with van der Waals surface area (Å²) >= 11 is 0. The summed E-state index contributed by atoms with van der Waals surface area (Å²) in [5, 5.41) is 10.0. The Bertz CT molecular complexity index is 1320. The van der Waals surface area contributed by atoms with Crippen molar-refractivity contribution in [3.8, 4) is 40.0 Å². The van der Waals surface area contributed by atoms with Gasteiger partial charge in [-0.25, -0.2) is 4.99 Å². The third-order valence-electron chi connectivity index (χ3n) is 5.19. The molecule has 0 aliphatic carbocycles.